The van der Waals surface area contributed by atoms with Crippen molar-refractivity contribution in [2.45, 2.75) is 12.7 Å². The van der Waals surface area contributed by atoms with Gasteiger partial charge in [-0.2, -0.15) is 23.4 Å². The number of carbonyl (C=O) groups is 1. The average Bonchev–Trinajstić information content (AvgIpc) is 3.59. The molecule has 10 nitrogen and oxygen atoms in total. The molecule has 0 saturated heterocycles. The Morgan fingerprint density at radius 2 is 1.82 bits per heavy atom. The van der Waals surface area contributed by atoms with Crippen molar-refractivity contribution in [2.24, 2.45) is 14.1 Å². The number of nitrogen functional groups attached to an aromatic ring is 1. The molecule has 0 spiro atoms. The first kappa shape index (κ1) is 24.3. The summed E-state index contributed by atoms with van der Waals surface area (Å²) < 4.78 is 59.2. The Morgan fingerprint density at radius 1 is 1.03 bits per heavy atom. The molecule has 0 radical (unpaired) electrons. The number of anilines is 2. The number of hydrogen-bond donors (Lipinski definition) is 1. The number of pyridine rings is 2. The third-order valence-electron chi connectivity index (χ3n) is 6.49. The summed E-state index contributed by atoms with van der Waals surface area (Å²) in [4.78, 5) is 23.8. The summed E-state index contributed by atoms with van der Waals surface area (Å²) in [5, 5.41) is 9.34. The number of nitrogens with zero attached hydrogens (tertiary/aromatic N) is 8. The number of halogens is 4. The lowest BCUT2D eigenvalue weighted by Gasteiger charge is -2.22. The van der Waals surface area contributed by atoms with E-state index in [9.17, 15) is 18.0 Å². The predicted molar refractivity (Wildman–Crippen MR) is 134 cm³/mol. The van der Waals surface area contributed by atoms with Crippen molar-refractivity contribution in [3.8, 4) is 0 Å². The number of aromatic nitrogens is 7. The molecule has 0 atom stereocenters. The van der Waals surface area contributed by atoms with E-state index in [0.29, 0.717) is 22.1 Å². The van der Waals surface area contributed by atoms with Crippen LogP contribution in [0.1, 0.15) is 21.6 Å². The van der Waals surface area contributed by atoms with Crippen molar-refractivity contribution in [1.29, 1.82) is 0 Å². The van der Waals surface area contributed by atoms with Gasteiger partial charge >= 0.3 is 6.18 Å². The number of carbonyl (C=O) groups excluding carboxylic acids is 1. The Balaban J connectivity index is 1.46. The average molecular weight is 537 g/mol. The molecule has 0 aliphatic heterocycles. The van der Waals surface area contributed by atoms with Crippen LogP contribution in [0.2, 0.25) is 0 Å². The van der Waals surface area contributed by atoms with Crippen molar-refractivity contribution in [3.05, 3.63) is 77.8 Å². The number of fused-ring (bicyclic) bond motifs is 4. The van der Waals surface area contributed by atoms with Gasteiger partial charge in [0.2, 0.25) is 0 Å². The molecule has 0 unspecified atom stereocenters. The third-order valence-corrected chi connectivity index (χ3v) is 6.49. The molecule has 198 valence electrons. The van der Waals surface area contributed by atoms with Crippen molar-refractivity contribution in [2.75, 3.05) is 10.6 Å². The maximum absolute atomic E-state index is 15.4. The first-order valence-electron chi connectivity index (χ1n) is 11.6. The highest BCUT2D eigenvalue weighted by atomic mass is 19.4. The number of amides is 1. The van der Waals surface area contributed by atoms with Gasteiger partial charge < -0.3 is 10.1 Å². The molecule has 6 rings (SSSR count). The number of benzene rings is 1. The summed E-state index contributed by atoms with van der Waals surface area (Å²) in [7, 11) is 3.30. The van der Waals surface area contributed by atoms with Gasteiger partial charge in [0.15, 0.2) is 0 Å². The second-order valence-corrected chi connectivity index (χ2v) is 8.99. The minimum atomic E-state index is -4.53. The van der Waals surface area contributed by atoms with E-state index in [-0.39, 0.29) is 34.8 Å². The number of imidazole rings is 1. The number of aryl methyl sites for hydroxylation is 2. The number of hydrogen-bond acceptors (Lipinski definition) is 6. The van der Waals surface area contributed by atoms with Gasteiger partial charge in [-0.05, 0) is 18.2 Å². The van der Waals surface area contributed by atoms with Crippen LogP contribution < -0.4 is 10.6 Å². The summed E-state index contributed by atoms with van der Waals surface area (Å²) in [5.41, 5.74) is 6.31. The molecule has 1 aromatic carbocycles. The van der Waals surface area contributed by atoms with Crippen LogP contribution in [-0.4, -0.2) is 39.8 Å². The van der Waals surface area contributed by atoms with E-state index in [0.717, 1.165) is 18.3 Å². The SMILES string of the molecule is Cn1nccc1N(Cc1cn2cc(C(F)(F)F)ccc2n1)C(=O)c1cc2c(cc1F)nc(N)c1cnn(C)c12. The van der Waals surface area contributed by atoms with Gasteiger partial charge in [0, 0.05) is 44.0 Å². The highest BCUT2D eigenvalue weighted by Crippen LogP contribution is 2.31. The van der Waals surface area contributed by atoms with E-state index in [2.05, 4.69) is 20.2 Å². The highest BCUT2D eigenvalue weighted by molar-refractivity contribution is 6.12. The summed E-state index contributed by atoms with van der Waals surface area (Å²) in [6.45, 7) is -0.167. The van der Waals surface area contributed by atoms with Crippen LogP contribution in [0.25, 0.3) is 27.5 Å². The van der Waals surface area contributed by atoms with Crippen molar-refractivity contribution < 1.29 is 22.4 Å². The first-order chi connectivity index (χ1) is 18.5. The molecular weight excluding hydrogens is 518 g/mol. The van der Waals surface area contributed by atoms with Crippen LogP contribution in [0.3, 0.4) is 0 Å². The molecule has 6 aromatic rings. The predicted octanol–water partition coefficient (Wildman–Crippen LogP) is 4.09. The molecule has 0 aliphatic carbocycles. The zero-order valence-electron chi connectivity index (χ0n) is 20.5. The van der Waals surface area contributed by atoms with E-state index in [1.807, 2.05) is 0 Å². The zero-order valence-corrected chi connectivity index (χ0v) is 20.5. The van der Waals surface area contributed by atoms with Crippen LogP contribution in [0.5, 0.6) is 0 Å². The Labute approximate surface area is 216 Å². The van der Waals surface area contributed by atoms with Crippen molar-refractivity contribution in [3.63, 3.8) is 0 Å². The molecule has 0 aliphatic rings. The second-order valence-electron chi connectivity index (χ2n) is 8.99. The lowest BCUT2D eigenvalue weighted by atomic mass is 10.1. The van der Waals surface area contributed by atoms with Gasteiger partial charge in [0.1, 0.15) is 23.1 Å². The fraction of sp³-hybridized carbons (Fsp3) is 0.160. The number of nitrogens with two attached hydrogens (primary N) is 1. The molecular formula is C25H19F4N9O. The second kappa shape index (κ2) is 8.51. The Kier molecular flexibility index (Phi) is 5.31. The van der Waals surface area contributed by atoms with Gasteiger partial charge in [-0.25, -0.2) is 14.4 Å². The van der Waals surface area contributed by atoms with Crippen LogP contribution in [-0.2, 0) is 26.8 Å². The molecule has 1 amide bonds. The van der Waals surface area contributed by atoms with Crippen LogP contribution >= 0.6 is 0 Å². The van der Waals surface area contributed by atoms with Gasteiger partial charge in [-0.15, -0.1) is 0 Å². The standard InChI is InChI=1S/C25H19F4N9O/c1-35-21(5-6-31-35)38(12-14-11-37-10-13(25(27,28)29)3-4-20(37)33-14)24(39)15-7-16-19(8-18(15)26)34-23(30)17-9-32-36(2)22(16)17/h3-11H,12H2,1-2H3,(H2,30,34). The fourth-order valence-electron chi connectivity index (χ4n) is 4.63. The van der Waals surface area contributed by atoms with Gasteiger partial charge in [-0.3, -0.25) is 19.1 Å². The molecule has 0 fully saturated rings. The highest BCUT2D eigenvalue weighted by Gasteiger charge is 2.31. The van der Waals surface area contributed by atoms with Crippen LogP contribution in [0.4, 0.5) is 29.2 Å². The minimum Gasteiger partial charge on any atom is -0.383 e. The molecule has 0 saturated carbocycles. The first-order valence-corrected chi connectivity index (χ1v) is 11.6. The van der Waals surface area contributed by atoms with Gasteiger partial charge in [-0.1, -0.05) is 0 Å². The van der Waals surface area contributed by atoms with Crippen molar-refractivity contribution in [1.82, 2.24) is 33.9 Å². The Bertz CT molecular complexity index is 1920. The number of rotatable bonds is 4. The van der Waals surface area contributed by atoms with Gasteiger partial charge in [0.05, 0.1) is 52.2 Å². The lowest BCUT2D eigenvalue weighted by molar-refractivity contribution is -0.137. The van der Waals surface area contributed by atoms with E-state index in [1.54, 1.807) is 24.8 Å². The van der Waals surface area contributed by atoms with E-state index < -0.39 is 23.5 Å². The smallest absolute Gasteiger partial charge is 0.383 e. The molecule has 39 heavy (non-hydrogen) atoms. The summed E-state index contributed by atoms with van der Waals surface area (Å²) in [6.07, 6.45) is 0.795. The largest absolute Gasteiger partial charge is 0.417 e. The summed E-state index contributed by atoms with van der Waals surface area (Å²) in [6, 6.07) is 6.27. The van der Waals surface area contributed by atoms with E-state index >= 15 is 4.39 Å². The van der Waals surface area contributed by atoms with E-state index in [1.165, 1.54) is 44.7 Å². The third kappa shape index (κ3) is 4.00. The Hall–Kier alpha value is -5.01. The maximum atomic E-state index is 15.4. The maximum Gasteiger partial charge on any atom is 0.417 e. The summed E-state index contributed by atoms with van der Waals surface area (Å²) in [5.74, 6) is -1.02. The monoisotopic (exact) mass is 537 g/mol. The molecule has 2 N–H and O–H groups in total. The van der Waals surface area contributed by atoms with E-state index in [4.69, 9.17) is 5.73 Å². The fourth-order valence-corrected chi connectivity index (χ4v) is 4.63. The lowest BCUT2D eigenvalue weighted by Crippen LogP contribution is -2.33. The molecule has 14 heteroatoms. The molecule has 0 bridgehead atoms. The Morgan fingerprint density at radius 3 is 2.54 bits per heavy atom. The quantitative estimate of drug-likeness (QED) is 0.339. The topological polar surface area (TPSA) is 112 Å². The minimum absolute atomic E-state index is 0.167. The molecule has 5 aromatic heterocycles. The van der Waals surface area contributed by atoms with Crippen LogP contribution in [0, 0.1) is 5.82 Å². The normalized spacial score (nSPS) is 12.2. The summed E-state index contributed by atoms with van der Waals surface area (Å²) >= 11 is 0. The van der Waals surface area contributed by atoms with Crippen LogP contribution in [0.15, 0.2) is 55.1 Å². The van der Waals surface area contributed by atoms with Gasteiger partial charge in [0.25, 0.3) is 5.91 Å². The van der Waals surface area contributed by atoms with Crippen molar-refractivity contribution >= 4 is 45.0 Å². The number of alkyl halides is 3. The molecule has 5 heterocycles. The zero-order chi connectivity index (χ0) is 27.6.